The highest BCUT2D eigenvalue weighted by Gasteiger charge is 2.37. The lowest BCUT2D eigenvalue weighted by Gasteiger charge is -2.16. The number of hydrogen-bond acceptors (Lipinski definition) is 1. The van der Waals surface area contributed by atoms with Gasteiger partial charge in [0.15, 0.2) is 0 Å². The van der Waals surface area contributed by atoms with Crippen LogP contribution < -0.4 is 0 Å². The first kappa shape index (κ1) is 23.5. The van der Waals surface area contributed by atoms with E-state index in [1.807, 2.05) is 12.1 Å². The zero-order chi connectivity index (χ0) is 25.8. The molecule has 0 unspecified atom stereocenters. The maximum atomic E-state index is 13.6. The topological polar surface area (TPSA) is 42.2 Å². The van der Waals surface area contributed by atoms with E-state index in [0.29, 0.717) is 23.0 Å². The minimum absolute atomic E-state index is 0.0560. The fourth-order valence-corrected chi connectivity index (χ4v) is 4.33. The van der Waals surface area contributed by atoms with Crippen molar-refractivity contribution in [1.29, 1.82) is 0 Å². The van der Waals surface area contributed by atoms with Crippen LogP contribution in [0.4, 0.5) is 26.3 Å². The Labute approximate surface area is 199 Å². The third-order valence-corrected chi connectivity index (χ3v) is 5.95. The van der Waals surface area contributed by atoms with E-state index < -0.39 is 29.4 Å². The molecular weight excluding hydrogens is 484 g/mol. The molecule has 0 aliphatic rings. The van der Waals surface area contributed by atoms with Gasteiger partial charge in [0, 0.05) is 11.1 Å². The van der Waals surface area contributed by atoms with Crippen LogP contribution >= 0.6 is 0 Å². The number of benzene rings is 4. The van der Waals surface area contributed by atoms with Crippen molar-refractivity contribution in [3.8, 4) is 16.9 Å². The Morgan fingerprint density at radius 1 is 0.694 bits per heavy atom. The molecule has 0 saturated heterocycles. The first-order chi connectivity index (χ1) is 16.9. The van der Waals surface area contributed by atoms with Crippen molar-refractivity contribution in [2.24, 2.45) is 0 Å². The molecule has 1 aromatic heterocycles. The number of aromatic nitrogens is 1. The minimum atomic E-state index is -5.01. The molecule has 3 nitrogen and oxygen atoms in total. The van der Waals surface area contributed by atoms with Gasteiger partial charge in [-0.05, 0) is 64.9 Å². The molecule has 36 heavy (non-hydrogen) atoms. The SMILES string of the molecule is O=C(O)c1cccc(-n2c(-c3cc(C(F)(F)F)cc(C(F)(F)F)c3)cc3c4ccccc4ccc32)c1. The molecular formula is C27H15F6NO2. The number of halogens is 6. The van der Waals surface area contributed by atoms with E-state index in [4.69, 9.17) is 0 Å². The predicted molar refractivity (Wildman–Crippen MR) is 123 cm³/mol. The van der Waals surface area contributed by atoms with Crippen LogP contribution in [0.2, 0.25) is 0 Å². The van der Waals surface area contributed by atoms with Crippen molar-refractivity contribution in [1.82, 2.24) is 4.57 Å². The van der Waals surface area contributed by atoms with Crippen LogP contribution in [0.25, 0.3) is 38.6 Å². The van der Waals surface area contributed by atoms with E-state index in [0.717, 1.165) is 10.8 Å². The zero-order valence-corrected chi connectivity index (χ0v) is 18.2. The maximum absolute atomic E-state index is 13.6. The van der Waals surface area contributed by atoms with E-state index in [-0.39, 0.29) is 28.6 Å². The van der Waals surface area contributed by atoms with E-state index in [2.05, 4.69) is 0 Å². The van der Waals surface area contributed by atoms with Gasteiger partial charge in [0.2, 0.25) is 0 Å². The van der Waals surface area contributed by atoms with Crippen LogP contribution in [0.3, 0.4) is 0 Å². The Kier molecular flexibility index (Phi) is 5.31. The van der Waals surface area contributed by atoms with Crippen LogP contribution in [0.5, 0.6) is 0 Å². The molecule has 5 rings (SSSR count). The van der Waals surface area contributed by atoms with Gasteiger partial charge in [0.1, 0.15) is 0 Å². The molecule has 0 spiro atoms. The Morgan fingerprint density at radius 3 is 2.00 bits per heavy atom. The van der Waals surface area contributed by atoms with Gasteiger partial charge in [-0.2, -0.15) is 26.3 Å². The van der Waals surface area contributed by atoms with Gasteiger partial charge >= 0.3 is 18.3 Å². The van der Waals surface area contributed by atoms with Gasteiger partial charge in [-0.25, -0.2) is 4.79 Å². The van der Waals surface area contributed by atoms with Crippen LogP contribution in [-0.4, -0.2) is 15.6 Å². The van der Waals surface area contributed by atoms with Crippen molar-refractivity contribution >= 4 is 27.6 Å². The van der Waals surface area contributed by atoms with Crippen molar-refractivity contribution < 1.29 is 36.2 Å². The second-order valence-electron chi connectivity index (χ2n) is 8.23. The van der Waals surface area contributed by atoms with Gasteiger partial charge in [0.05, 0.1) is 27.9 Å². The van der Waals surface area contributed by atoms with Crippen LogP contribution in [0.15, 0.2) is 84.9 Å². The summed E-state index contributed by atoms with van der Waals surface area (Å²) in [5.41, 5.74) is -2.43. The number of carboxylic acids is 1. The molecule has 0 bridgehead atoms. The van der Waals surface area contributed by atoms with E-state index in [1.54, 1.807) is 30.3 Å². The summed E-state index contributed by atoms with van der Waals surface area (Å²) >= 11 is 0. The Balaban J connectivity index is 1.90. The number of aromatic carboxylic acids is 1. The maximum Gasteiger partial charge on any atom is 0.416 e. The van der Waals surface area contributed by atoms with E-state index in [9.17, 15) is 36.2 Å². The molecule has 0 aliphatic heterocycles. The number of nitrogens with zero attached hydrogens (tertiary/aromatic N) is 1. The fourth-order valence-electron chi connectivity index (χ4n) is 4.33. The number of carboxylic acid groups (broad SMARTS) is 1. The smallest absolute Gasteiger partial charge is 0.416 e. The van der Waals surface area contributed by atoms with Gasteiger partial charge in [-0.15, -0.1) is 0 Å². The summed E-state index contributed by atoms with van der Waals surface area (Å²) in [6.45, 7) is 0. The summed E-state index contributed by atoms with van der Waals surface area (Å²) in [7, 11) is 0. The summed E-state index contributed by atoms with van der Waals surface area (Å²) in [4.78, 5) is 11.6. The Morgan fingerprint density at radius 2 is 1.36 bits per heavy atom. The Bertz CT molecular complexity index is 1610. The molecule has 1 N–H and O–H groups in total. The monoisotopic (exact) mass is 499 g/mol. The minimum Gasteiger partial charge on any atom is -0.478 e. The predicted octanol–water partition coefficient (Wildman–Crippen LogP) is 8.19. The molecule has 4 aromatic carbocycles. The Hall–Kier alpha value is -4.27. The highest BCUT2D eigenvalue weighted by molar-refractivity contribution is 6.09. The van der Waals surface area contributed by atoms with Gasteiger partial charge in [-0.3, -0.25) is 0 Å². The van der Waals surface area contributed by atoms with E-state index in [1.165, 1.54) is 28.8 Å². The number of hydrogen-bond donors (Lipinski definition) is 1. The lowest BCUT2D eigenvalue weighted by atomic mass is 10.0. The third-order valence-electron chi connectivity index (χ3n) is 5.95. The van der Waals surface area contributed by atoms with Gasteiger partial charge in [0.25, 0.3) is 0 Å². The summed E-state index contributed by atoms with van der Waals surface area (Å²) in [6, 6.07) is 19.3. The highest BCUT2D eigenvalue weighted by Crippen LogP contribution is 2.41. The standard InChI is InChI=1S/C27H15F6NO2/c28-26(29,30)18-10-17(11-19(13-18)27(31,32)33)24-14-22-21-7-2-1-4-15(21)8-9-23(22)34(24)20-6-3-5-16(12-20)25(35)36/h1-14H,(H,35,36). The quantitative estimate of drug-likeness (QED) is 0.254. The average Bonchev–Trinajstić information content (AvgIpc) is 3.23. The third kappa shape index (κ3) is 4.06. The second-order valence-corrected chi connectivity index (χ2v) is 8.23. The first-order valence-corrected chi connectivity index (χ1v) is 10.6. The van der Waals surface area contributed by atoms with Crippen LogP contribution in [0, 0.1) is 0 Å². The molecule has 0 fully saturated rings. The second kappa shape index (κ2) is 8.15. The van der Waals surface area contributed by atoms with Crippen molar-refractivity contribution in [3.05, 3.63) is 102 Å². The number of carbonyl (C=O) groups is 1. The molecule has 5 aromatic rings. The average molecular weight is 499 g/mol. The fraction of sp³-hybridized carbons (Fsp3) is 0.0741. The van der Waals surface area contributed by atoms with Crippen molar-refractivity contribution in [3.63, 3.8) is 0 Å². The zero-order valence-electron chi connectivity index (χ0n) is 18.2. The summed E-state index contributed by atoms with van der Waals surface area (Å²) in [5, 5.41) is 11.6. The van der Waals surface area contributed by atoms with Crippen molar-refractivity contribution in [2.75, 3.05) is 0 Å². The first-order valence-electron chi connectivity index (χ1n) is 10.6. The van der Waals surface area contributed by atoms with Gasteiger partial charge in [-0.1, -0.05) is 36.4 Å². The normalized spacial score (nSPS) is 12.4. The number of alkyl halides is 6. The summed E-state index contributed by atoms with van der Waals surface area (Å²) in [6.07, 6.45) is -10.0. The molecule has 9 heteroatoms. The van der Waals surface area contributed by atoms with Crippen molar-refractivity contribution in [2.45, 2.75) is 12.4 Å². The summed E-state index contributed by atoms with van der Waals surface area (Å²) in [5.74, 6) is -1.22. The molecule has 0 aliphatic carbocycles. The molecule has 182 valence electrons. The number of rotatable bonds is 3. The summed E-state index contributed by atoms with van der Waals surface area (Å²) < 4.78 is 83.0. The lowest BCUT2D eigenvalue weighted by molar-refractivity contribution is -0.143. The van der Waals surface area contributed by atoms with Crippen LogP contribution in [-0.2, 0) is 12.4 Å². The largest absolute Gasteiger partial charge is 0.478 e. The molecule has 1 heterocycles. The van der Waals surface area contributed by atoms with Crippen LogP contribution in [0.1, 0.15) is 21.5 Å². The van der Waals surface area contributed by atoms with Gasteiger partial charge < -0.3 is 9.67 Å². The van der Waals surface area contributed by atoms with E-state index >= 15 is 0 Å². The lowest BCUT2D eigenvalue weighted by Crippen LogP contribution is -2.11. The molecule has 0 amide bonds. The molecule has 0 saturated carbocycles. The molecule has 0 atom stereocenters. The molecule has 0 radical (unpaired) electrons. The highest BCUT2D eigenvalue weighted by atomic mass is 19.4. The number of fused-ring (bicyclic) bond motifs is 3.